The van der Waals surface area contributed by atoms with E-state index in [-0.39, 0.29) is 19.1 Å². The number of pyridine rings is 1. The van der Waals surface area contributed by atoms with E-state index in [2.05, 4.69) is 17.1 Å². The lowest BCUT2D eigenvalue weighted by molar-refractivity contribution is -0.143. The van der Waals surface area contributed by atoms with Crippen molar-refractivity contribution in [1.82, 2.24) is 9.88 Å². The Hall–Kier alpha value is -3.87. The van der Waals surface area contributed by atoms with E-state index in [1.807, 2.05) is 43.3 Å². The molecule has 0 spiro atoms. The number of ether oxygens (including phenoxy) is 2. The number of nitrogens with zero attached hydrogens (tertiary/aromatic N) is 2. The summed E-state index contributed by atoms with van der Waals surface area (Å²) in [7, 11) is 1.48. The average molecular weight is 447 g/mol. The molecule has 0 bridgehead atoms. The number of carboxylic acids is 1. The molecule has 0 saturated carbocycles. The lowest BCUT2D eigenvalue weighted by Gasteiger charge is -2.28. The SMILES string of the molecule is CCCN(C(=O)OCC1c2ccccc2-c2ccccc21)C(C(=O)O)c1ccc(OC)nc1. The fraction of sp³-hybridized carbons (Fsp3) is 0.269. The third-order valence-corrected chi connectivity index (χ3v) is 5.86. The summed E-state index contributed by atoms with van der Waals surface area (Å²) in [6.07, 6.45) is 1.33. The van der Waals surface area contributed by atoms with Crippen molar-refractivity contribution in [2.45, 2.75) is 25.3 Å². The number of aliphatic carboxylic acids is 1. The molecule has 0 saturated heterocycles. The van der Waals surface area contributed by atoms with Crippen molar-refractivity contribution in [3.63, 3.8) is 0 Å². The van der Waals surface area contributed by atoms with Crippen LogP contribution in [0, 0.1) is 0 Å². The third-order valence-electron chi connectivity index (χ3n) is 5.86. The molecule has 1 heterocycles. The van der Waals surface area contributed by atoms with Crippen molar-refractivity contribution in [2.24, 2.45) is 0 Å². The Morgan fingerprint density at radius 1 is 1.03 bits per heavy atom. The predicted molar refractivity (Wildman–Crippen MR) is 123 cm³/mol. The van der Waals surface area contributed by atoms with E-state index in [9.17, 15) is 14.7 Å². The smallest absolute Gasteiger partial charge is 0.410 e. The Bertz CT molecular complexity index is 1100. The topological polar surface area (TPSA) is 89.0 Å². The van der Waals surface area contributed by atoms with Crippen molar-refractivity contribution in [3.8, 4) is 17.0 Å². The van der Waals surface area contributed by atoms with E-state index in [0.29, 0.717) is 17.9 Å². The van der Waals surface area contributed by atoms with Crippen LogP contribution in [0.3, 0.4) is 0 Å². The van der Waals surface area contributed by atoms with E-state index in [1.54, 1.807) is 12.1 Å². The van der Waals surface area contributed by atoms with Crippen LogP contribution in [0.4, 0.5) is 4.79 Å². The summed E-state index contributed by atoms with van der Waals surface area (Å²) in [5.41, 5.74) is 4.84. The molecule has 1 N–H and O–H groups in total. The summed E-state index contributed by atoms with van der Waals surface area (Å²) < 4.78 is 10.8. The van der Waals surface area contributed by atoms with Crippen LogP contribution in [0.15, 0.2) is 66.9 Å². The summed E-state index contributed by atoms with van der Waals surface area (Å²) in [5.74, 6) is -0.884. The maximum absolute atomic E-state index is 13.2. The molecule has 7 heteroatoms. The van der Waals surface area contributed by atoms with E-state index < -0.39 is 18.1 Å². The van der Waals surface area contributed by atoms with Crippen LogP contribution in [0.5, 0.6) is 5.88 Å². The van der Waals surface area contributed by atoms with Gasteiger partial charge in [0.05, 0.1) is 7.11 Å². The molecule has 1 atom stereocenters. The minimum Gasteiger partial charge on any atom is -0.481 e. The molecule has 2 aromatic carbocycles. The largest absolute Gasteiger partial charge is 0.481 e. The lowest BCUT2D eigenvalue weighted by Crippen LogP contribution is -2.40. The molecule has 1 aromatic heterocycles. The second-order valence-electron chi connectivity index (χ2n) is 7.87. The number of carbonyl (C=O) groups excluding carboxylic acids is 1. The van der Waals surface area contributed by atoms with Crippen LogP contribution in [0.25, 0.3) is 11.1 Å². The van der Waals surface area contributed by atoms with Gasteiger partial charge >= 0.3 is 12.1 Å². The first-order valence-corrected chi connectivity index (χ1v) is 10.9. The highest BCUT2D eigenvalue weighted by Gasteiger charge is 2.34. The molecule has 0 radical (unpaired) electrons. The van der Waals surface area contributed by atoms with Gasteiger partial charge in [-0.1, -0.05) is 55.5 Å². The van der Waals surface area contributed by atoms with Gasteiger partial charge < -0.3 is 14.6 Å². The Kier molecular flexibility index (Phi) is 6.58. The van der Waals surface area contributed by atoms with Gasteiger partial charge in [0.1, 0.15) is 6.61 Å². The lowest BCUT2D eigenvalue weighted by atomic mass is 9.98. The zero-order valence-corrected chi connectivity index (χ0v) is 18.6. The average Bonchev–Trinajstić information content (AvgIpc) is 3.16. The standard InChI is InChI=1S/C26H26N2O5/c1-3-14-28(24(25(29)30)17-12-13-23(32-2)27-15-17)26(31)33-16-22-20-10-6-4-8-18(20)19-9-5-7-11-21(19)22/h4-13,15,22,24H,3,14,16H2,1-2H3,(H,29,30). The number of methoxy groups -OCH3 is 1. The van der Waals surface area contributed by atoms with E-state index in [1.165, 1.54) is 18.2 Å². The van der Waals surface area contributed by atoms with Crippen molar-refractivity contribution in [3.05, 3.63) is 83.6 Å². The van der Waals surface area contributed by atoms with Crippen molar-refractivity contribution < 1.29 is 24.2 Å². The van der Waals surface area contributed by atoms with Crippen molar-refractivity contribution >= 4 is 12.1 Å². The number of aromatic nitrogens is 1. The maximum Gasteiger partial charge on any atom is 0.410 e. The number of hydrogen-bond acceptors (Lipinski definition) is 5. The number of carboxylic acid groups (broad SMARTS) is 1. The molecule has 4 rings (SSSR count). The molecule has 7 nitrogen and oxygen atoms in total. The van der Waals surface area contributed by atoms with Gasteiger partial charge in [-0.3, -0.25) is 4.90 Å². The Labute approximate surface area is 192 Å². The van der Waals surface area contributed by atoms with Crippen LogP contribution in [-0.2, 0) is 9.53 Å². The van der Waals surface area contributed by atoms with Crippen molar-refractivity contribution in [1.29, 1.82) is 0 Å². The van der Waals surface area contributed by atoms with Crippen LogP contribution in [-0.4, -0.2) is 47.3 Å². The van der Waals surface area contributed by atoms with Crippen molar-refractivity contribution in [2.75, 3.05) is 20.3 Å². The fourth-order valence-electron chi connectivity index (χ4n) is 4.37. The van der Waals surface area contributed by atoms with Gasteiger partial charge in [0, 0.05) is 30.3 Å². The normalized spacial score (nSPS) is 13.0. The predicted octanol–water partition coefficient (Wildman–Crippen LogP) is 4.88. The van der Waals surface area contributed by atoms with Crippen LogP contribution in [0.2, 0.25) is 0 Å². The molecule has 33 heavy (non-hydrogen) atoms. The number of hydrogen-bond donors (Lipinski definition) is 1. The summed E-state index contributed by atoms with van der Waals surface area (Å²) in [6, 6.07) is 18.1. The molecule has 1 aliphatic carbocycles. The molecule has 1 aliphatic rings. The van der Waals surface area contributed by atoms with Crippen LogP contribution in [0.1, 0.15) is 42.0 Å². The minimum atomic E-state index is -1.21. The van der Waals surface area contributed by atoms with Gasteiger partial charge in [0.25, 0.3) is 0 Å². The Balaban J connectivity index is 1.57. The van der Waals surface area contributed by atoms with Gasteiger partial charge in [0.15, 0.2) is 6.04 Å². The first-order chi connectivity index (χ1) is 16.0. The fourth-order valence-corrected chi connectivity index (χ4v) is 4.37. The Morgan fingerprint density at radius 3 is 2.18 bits per heavy atom. The monoisotopic (exact) mass is 446 g/mol. The number of fused-ring (bicyclic) bond motifs is 3. The van der Waals surface area contributed by atoms with E-state index in [4.69, 9.17) is 9.47 Å². The third kappa shape index (κ3) is 4.39. The molecular weight excluding hydrogens is 420 g/mol. The second-order valence-corrected chi connectivity index (χ2v) is 7.87. The Morgan fingerprint density at radius 2 is 1.67 bits per heavy atom. The number of amides is 1. The maximum atomic E-state index is 13.2. The van der Waals surface area contributed by atoms with E-state index in [0.717, 1.165) is 22.3 Å². The molecule has 1 amide bonds. The zero-order valence-electron chi connectivity index (χ0n) is 18.6. The molecule has 1 unspecified atom stereocenters. The quantitative estimate of drug-likeness (QED) is 0.531. The number of carbonyl (C=O) groups is 2. The number of rotatable bonds is 8. The molecular formula is C26H26N2O5. The van der Waals surface area contributed by atoms with Gasteiger partial charge in [-0.2, -0.15) is 0 Å². The highest BCUT2D eigenvalue weighted by Crippen LogP contribution is 2.44. The molecule has 0 fully saturated rings. The minimum absolute atomic E-state index is 0.101. The highest BCUT2D eigenvalue weighted by molar-refractivity contribution is 5.82. The van der Waals surface area contributed by atoms with E-state index >= 15 is 0 Å². The van der Waals surface area contributed by atoms with Gasteiger partial charge in [0.2, 0.25) is 5.88 Å². The molecule has 0 aliphatic heterocycles. The summed E-state index contributed by atoms with van der Waals surface area (Å²) in [4.78, 5) is 30.7. The summed E-state index contributed by atoms with van der Waals surface area (Å²) in [5, 5.41) is 9.93. The first kappa shape index (κ1) is 22.3. The summed E-state index contributed by atoms with van der Waals surface area (Å²) in [6.45, 7) is 2.24. The molecule has 170 valence electrons. The van der Waals surface area contributed by atoms with Gasteiger partial charge in [-0.25, -0.2) is 14.6 Å². The second kappa shape index (κ2) is 9.73. The first-order valence-electron chi connectivity index (χ1n) is 10.9. The highest BCUT2D eigenvalue weighted by atomic mass is 16.6. The number of benzene rings is 2. The zero-order chi connectivity index (χ0) is 23.4. The van der Waals surface area contributed by atoms with Crippen LogP contribution >= 0.6 is 0 Å². The molecule has 3 aromatic rings. The van der Waals surface area contributed by atoms with Gasteiger partial charge in [-0.15, -0.1) is 0 Å². The summed E-state index contributed by atoms with van der Waals surface area (Å²) >= 11 is 0. The van der Waals surface area contributed by atoms with Crippen LogP contribution < -0.4 is 4.74 Å². The van der Waals surface area contributed by atoms with Gasteiger partial charge in [-0.05, 0) is 34.7 Å².